The van der Waals surface area contributed by atoms with Crippen LogP contribution in [0.15, 0.2) is 54.6 Å². The maximum atomic E-state index is 13.5. The second-order valence-corrected chi connectivity index (χ2v) is 11.5. The van der Waals surface area contributed by atoms with Gasteiger partial charge in [-0.15, -0.1) is 0 Å². The summed E-state index contributed by atoms with van der Waals surface area (Å²) in [5.74, 6) is -0.483. The number of rotatable bonds is 12. The van der Waals surface area contributed by atoms with Gasteiger partial charge < -0.3 is 23.8 Å². The quantitative estimate of drug-likeness (QED) is 0.118. The van der Waals surface area contributed by atoms with Gasteiger partial charge in [0, 0.05) is 12.1 Å². The number of nitro benzene ring substituents is 1. The molecular formula is C25H33N2O9P. The number of para-hydroxylation sites is 1. The first-order valence-corrected chi connectivity index (χ1v) is 13.4. The molecule has 0 saturated carbocycles. The fourth-order valence-corrected chi connectivity index (χ4v) is 4.62. The van der Waals surface area contributed by atoms with Crippen molar-refractivity contribution in [3.05, 3.63) is 64.7 Å². The van der Waals surface area contributed by atoms with E-state index in [1.807, 2.05) is 0 Å². The minimum absolute atomic E-state index is 0.107. The second-order valence-electron chi connectivity index (χ2n) is 9.47. The summed E-state index contributed by atoms with van der Waals surface area (Å²) < 4.78 is 35.4. The molecule has 0 aliphatic carbocycles. The molecule has 0 heterocycles. The van der Waals surface area contributed by atoms with E-state index in [2.05, 4.69) is 5.32 Å². The zero-order chi connectivity index (χ0) is 27.6. The molecule has 1 N–H and O–H groups in total. The summed E-state index contributed by atoms with van der Waals surface area (Å²) in [6.45, 7) is 8.54. The molecule has 2 rings (SSSR count). The Morgan fingerprint density at radius 3 is 2.08 bits per heavy atom. The van der Waals surface area contributed by atoms with Gasteiger partial charge in [-0.3, -0.25) is 10.1 Å². The fraction of sp³-hybridized carbons (Fsp3) is 0.440. The molecule has 0 spiro atoms. The molecule has 2 aromatic rings. The van der Waals surface area contributed by atoms with Gasteiger partial charge in [-0.05, 0) is 57.4 Å². The standard InChI is InChI=1S/C25H33N2O9P/c1-18(2)22(26-24(29)34-25(3,4)5)23(28)33-16-9-17-37(32,35-20-10-7-6-8-11-20)36-21-14-12-19(13-15-21)27(30)31/h6-8,10-15,18,22H,9,16-17H2,1-5H3,(H,26,29)/t22-,37?/m0/s1. The molecule has 202 valence electrons. The average molecular weight is 537 g/mol. The van der Waals surface area contributed by atoms with E-state index in [1.54, 1.807) is 65.0 Å². The van der Waals surface area contributed by atoms with Crippen LogP contribution in [0.4, 0.5) is 10.5 Å². The van der Waals surface area contributed by atoms with Crippen molar-refractivity contribution in [2.45, 2.75) is 52.7 Å². The molecule has 0 radical (unpaired) electrons. The number of carbonyl (C=O) groups excluding carboxylic acids is 2. The number of amides is 1. The van der Waals surface area contributed by atoms with E-state index in [-0.39, 0.29) is 36.5 Å². The second kappa shape index (κ2) is 13.1. The van der Waals surface area contributed by atoms with Gasteiger partial charge in [-0.2, -0.15) is 0 Å². The Morgan fingerprint density at radius 1 is 1.00 bits per heavy atom. The van der Waals surface area contributed by atoms with Gasteiger partial charge in [0.05, 0.1) is 17.7 Å². The zero-order valence-corrected chi connectivity index (χ0v) is 22.4. The number of nitrogens with zero attached hydrogens (tertiary/aromatic N) is 1. The number of non-ortho nitro benzene ring substituents is 1. The molecule has 0 aromatic heterocycles. The smallest absolute Gasteiger partial charge is 0.430 e. The Bertz CT molecular complexity index is 1100. The van der Waals surface area contributed by atoms with Crippen LogP contribution in [-0.4, -0.2) is 41.4 Å². The Hall–Kier alpha value is -3.59. The van der Waals surface area contributed by atoms with Crippen LogP contribution in [0.5, 0.6) is 11.5 Å². The topological polar surface area (TPSA) is 143 Å². The van der Waals surface area contributed by atoms with Gasteiger partial charge in [-0.25, -0.2) is 14.2 Å². The zero-order valence-electron chi connectivity index (χ0n) is 21.5. The highest BCUT2D eigenvalue weighted by Crippen LogP contribution is 2.49. The van der Waals surface area contributed by atoms with E-state index in [9.17, 15) is 24.3 Å². The number of alkyl carbamates (subject to hydrolysis) is 1. The Kier molecular flexibility index (Phi) is 10.5. The van der Waals surface area contributed by atoms with Gasteiger partial charge in [0.2, 0.25) is 0 Å². The van der Waals surface area contributed by atoms with Crippen molar-refractivity contribution in [3.8, 4) is 11.5 Å². The number of hydrogen-bond donors (Lipinski definition) is 1. The number of benzene rings is 2. The third kappa shape index (κ3) is 10.5. The summed E-state index contributed by atoms with van der Waals surface area (Å²) >= 11 is 0. The lowest BCUT2D eigenvalue weighted by molar-refractivity contribution is -0.384. The number of hydrogen-bond acceptors (Lipinski definition) is 9. The van der Waals surface area contributed by atoms with Crippen LogP contribution < -0.4 is 14.4 Å². The summed E-state index contributed by atoms with van der Waals surface area (Å²) in [7, 11) is -3.80. The number of nitro groups is 1. The molecule has 0 aliphatic heterocycles. The van der Waals surface area contributed by atoms with Crippen LogP contribution in [0.1, 0.15) is 41.0 Å². The lowest BCUT2D eigenvalue weighted by Gasteiger charge is -2.24. The summed E-state index contributed by atoms with van der Waals surface area (Å²) in [6, 6.07) is 12.6. The molecule has 1 amide bonds. The van der Waals surface area contributed by atoms with Crippen LogP contribution in [0.3, 0.4) is 0 Å². The molecule has 0 fully saturated rings. The van der Waals surface area contributed by atoms with Crippen molar-refractivity contribution >= 4 is 25.3 Å². The third-order valence-corrected chi connectivity index (χ3v) is 6.54. The number of esters is 1. The molecule has 2 atom stereocenters. The highest BCUT2D eigenvalue weighted by atomic mass is 31.2. The number of nitrogens with one attached hydrogen (secondary N) is 1. The van der Waals surface area contributed by atoms with E-state index in [0.717, 1.165) is 0 Å². The van der Waals surface area contributed by atoms with Crippen LogP contribution >= 0.6 is 7.60 Å². The molecular weight excluding hydrogens is 503 g/mol. The van der Waals surface area contributed by atoms with Crippen molar-refractivity contribution in [2.24, 2.45) is 5.92 Å². The largest absolute Gasteiger partial charge is 0.464 e. The SMILES string of the molecule is CC(C)[C@H](NC(=O)OC(C)(C)C)C(=O)OCCCP(=O)(Oc1ccccc1)Oc1ccc([N+](=O)[O-])cc1. The Labute approximate surface area is 216 Å². The highest BCUT2D eigenvalue weighted by molar-refractivity contribution is 7.54. The Balaban J connectivity index is 2.02. The van der Waals surface area contributed by atoms with Gasteiger partial charge in [0.25, 0.3) is 5.69 Å². The van der Waals surface area contributed by atoms with E-state index >= 15 is 0 Å². The van der Waals surface area contributed by atoms with Gasteiger partial charge in [-0.1, -0.05) is 32.0 Å². The summed E-state index contributed by atoms with van der Waals surface area (Å²) in [6.07, 6.45) is -0.724. The van der Waals surface area contributed by atoms with Crippen molar-refractivity contribution in [2.75, 3.05) is 12.8 Å². The van der Waals surface area contributed by atoms with E-state index in [1.165, 1.54) is 24.3 Å². The summed E-state index contributed by atoms with van der Waals surface area (Å²) in [5, 5.41) is 13.4. The van der Waals surface area contributed by atoms with Crippen LogP contribution in [0.2, 0.25) is 0 Å². The van der Waals surface area contributed by atoms with E-state index < -0.39 is 36.2 Å². The van der Waals surface area contributed by atoms with Gasteiger partial charge >= 0.3 is 19.7 Å². The van der Waals surface area contributed by atoms with Crippen molar-refractivity contribution in [1.82, 2.24) is 5.32 Å². The lowest BCUT2D eigenvalue weighted by Crippen LogP contribution is -2.47. The van der Waals surface area contributed by atoms with Crippen molar-refractivity contribution in [3.63, 3.8) is 0 Å². The molecule has 1 unspecified atom stereocenters. The van der Waals surface area contributed by atoms with Crippen LogP contribution in [0.25, 0.3) is 0 Å². The van der Waals surface area contributed by atoms with Crippen molar-refractivity contribution in [1.29, 1.82) is 0 Å². The molecule has 12 heteroatoms. The average Bonchev–Trinajstić information content (AvgIpc) is 2.80. The summed E-state index contributed by atoms with van der Waals surface area (Å²) in [4.78, 5) is 35.0. The predicted molar refractivity (Wildman–Crippen MR) is 137 cm³/mol. The number of carbonyl (C=O) groups is 2. The maximum absolute atomic E-state index is 13.5. The van der Waals surface area contributed by atoms with Crippen molar-refractivity contribution < 1.29 is 37.6 Å². The normalized spacial score (nSPS) is 13.7. The Morgan fingerprint density at radius 2 is 1.57 bits per heavy atom. The van der Waals surface area contributed by atoms with Crippen LogP contribution in [-0.2, 0) is 18.8 Å². The first kappa shape index (κ1) is 29.6. The molecule has 0 bridgehead atoms. The van der Waals surface area contributed by atoms with E-state index in [0.29, 0.717) is 5.75 Å². The molecule has 37 heavy (non-hydrogen) atoms. The van der Waals surface area contributed by atoms with Crippen LogP contribution in [0, 0.1) is 16.0 Å². The minimum atomic E-state index is -3.80. The molecule has 2 aromatic carbocycles. The fourth-order valence-electron chi connectivity index (χ4n) is 2.99. The first-order chi connectivity index (χ1) is 17.3. The number of ether oxygens (including phenoxy) is 2. The van der Waals surface area contributed by atoms with Gasteiger partial charge in [0.1, 0.15) is 23.1 Å². The maximum Gasteiger partial charge on any atom is 0.430 e. The van der Waals surface area contributed by atoms with Gasteiger partial charge in [0.15, 0.2) is 0 Å². The third-order valence-electron chi connectivity index (χ3n) is 4.69. The predicted octanol–water partition coefficient (Wildman–Crippen LogP) is 5.73. The summed E-state index contributed by atoms with van der Waals surface area (Å²) in [5.41, 5.74) is -0.864. The lowest BCUT2D eigenvalue weighted by atomic mass is 10.1. The highest BCUT2D eigenvalue weighted by Gasteiger charge is 2.30. The molecule has 0 aliphatic rings. The minimum Gasteiger partial charge on any atom is -0.464 e. The van der Waals surface area contributed by atoms with E-state index in [4.69, 9.17) is 18.5 Å². The monoisotopic (exact) mass is 536 g/mol. The first-order valence-electron chi connectivity index (χ1n) is 11.7. The molecule has 11 nitrogen and oxygen atoms in total. The molecule has 0 saturated heterocycles.